The molecule has 3 rings (SSSR count). The third-order valence-corrected chi connectivity index (χ3v) is 5.47. The SMILES string of the molecule is CCNCC1CCN(C(=O)C2CC(=O)N(c3ccc(OC)cc3)C2)CC1.Cl. The maximum Gasteiger partial charge on any atom is 0.228 e. The molecule has 0 aliphatic carbocycles. The van der Waals surface area contributed by atoms with Gasteiger partial charge in [-0.15, -0.1) is 12.4 Å². The van der Waals surface area contributed by atoms with Crippen molar-refractivity contribution in [1.29, 1.82) is 0 Å². The van der Waals surface area contributed by atoms with Gasteiger partial charge in [0.25, 0.3) is 0 Å². The van der Waals surface area contributed by atoms with Crippen LogP contribution in [0, 0.1) is 11.8 Å². The molecule has 0 radical (unpaired) electrons. The molecule has 0 saturated carbocycles. The lowest BCUT2D eigenvalue weighted by Gasteiger charge is -2.33. The lowest BCUT2D eigenvalue weighted by atomic mass is 9.95. The Morgan fingerprint density at radius 1 is 1.22 bits per heavy atom. The van der Waals surface area contributed by atoms with E-state index in [0.717, 1.165) is 50.5 Å². The molecule has 2 saturated heterocycles. The number of nitrogens with zero attached hydrogens (tertiary/aromatic N) is 2. The molecule has 0 bridgehead atoms. The van der Waals surface area contributed by atoms with Gasteiger partial charge in [-0.3, -0.25) is 9.59 Å². The van der Waals surface area contributed by atoms with E-state index < -0.39 is 0 Å². The summed E-state index contributed by atoms with van der Waals surface area (Å²) in [6, 6.07) is 7.42. The minimum absolute atomic E-state index is 0. The molecule has 2 aliphatic heterocycles. The van der Waals surface area contributed by atoms with Crippen LogP contribution >= 0.6 is 12.4 Å². The molecular weight excluding hydrogens is 366 g/mol. The summed E-state index contributed by atoms with van der Waals surface area (Å²) in [6.45, 7) is 6.23. The van der Waals surface area contributed by atoms with Crippen molar-refractivity contribution >= 4 is 29.9 Å². The van der Waals surface area contributed by atoms with Crippen LogP contribution in [0.5, 0.6) is 5.75 Å². The Hall–Kier alpha value is -1.79. The average molecular weight is 396 g/mol. The van der Waals surface area contributed by atoms with Gasteiger partial charge in [0.15, 0.2) is 0 Å². The van der Waals surface area contributed by atoms with Crippen LogP contribution in [0.1, 0.15) is 26.2 Å². The van der Waals surface area contributed by atoms with E-state index in [1.807, 2.05) is 29.2 Å². The Balaban J connectivity index is 0.00000261. The molecule has 2 amide bonds. The molecule has 0 aromatic heterocycles. The minimum Gasteiger partial charge on any atom is -0.497 e. The van der Waals surface area contributed by atoms with Crippen LogP contribution in [0.15, 0.2) is 24.3 Å². The van der Waals surface area contributed by atoms with E-state index in [1.165, 1.54) is 0 Å². The van der Waals surface area contributed by atoms with Crippen molar-refractivity contribution in [3.63, 3.8) is 0 Å². The summed E-state index contributed by atoms with van der Waals surface area (Å²) >= 11 is 0. The summed E-state index contributed by atoms with van der Waals surface area (Å²) in [5.41, 5.74) is 0.829. The maximum absolute atomic E-state index is 12.9. The maximum atomic E-state index is 12.9. The van der Waals surface area contributed by atoms with Crippen LogP contribution in [-0.4, -0.2) is 56.5 Å². The number of piperidine rings is 1. The van der Waals surface area contributed by atoms with E-state index >= 15 is 0 Å². The van der Waals surface area contributed by atoms with E-state index in [9.17, 15) is 9.59 Å². The summed E-state index contributed by atoms with van der Waals surface area (Å²) in [5.74, 6) is 1.34. The second kappa shape index (κ2) is 9.95. The molecule has 2 aliphatic rings. The topological polar surface area (TPSA) is 61.9 Å². The van der Waals surface area contributed by atoms with Gasteiger partial charge in [-0.25, -0.2) is 0 Å². The molecule has 7 heteroatoms. The summed E-state index contributed by atoms with van der Waals surface area (Å²) < 4.78 is 5.16. The predicted molar refractivity (Wildman–Crippen MR) is 109 cm³/mol. The largest absolute Gasteiger partial charge is 0.497 e. The highest BCUT2D eigenvalue weighted by molar-refractivity contribution is 6.00. The van der Waals surface area contributed by atoms with Gasteiger partial charge in [0.2, 0.25) is 11.8 Å². The van der Waals surface area contributed by atoms with Crippen molar-refractivity contribution in [2.24, 2.45) is 11.8 Å². The molecule has 2 heterocycles. The number of nitrogens with one attached hydrogen (secondary N) is 1. The van der Waals surface area contributed by atoms with Crippen LogP contribution in [0.2, 0.25) is 0 Å². The summed E-state index contributed by atoms with van der Waals surface area (Å²) in [4.78, 5) is 28.9. The monoisotopic (exact) mass is 395 g/mol. The van der Waals surface area contributed by atoms with Gasteiger partial charge in [-0.05, 0) is 56.1 Å². The van der Waals surface area contributed by atoms with Crippen molar-refractivity contribution in [3.8, 4) is 5.75 Å². The van der Waals surface area contributed by atoms with E-state index in [1.54, 1.807) is 12.0 Å². The Kier molecular flexibility index (Phi) is 7.92. The van der Waals surface area contributed by atoms with E-state index in [4.69, 9.17) is 4.74 Å². The number of anilines is 1. The molecule has 1 atom stereocenters. The molecule has 1 aromatic carbocycles. The number of methoxy groups -OCH3 is 1. The van der Waals surface area contributed by atoms with Gasteiger partial charge in [0.05, 0.1) is 13.0 Å². The zero-order chi connectivity index (χ0) is 18.5. The molecule has 150 valence electrons. The zero-order valence-corrected chi connectivity index (χ0v) is 17.0. The third-order valence-electron chi connectivity index (χ3n) is 5.47. The molecule has 6 nitrogen and oxygen atoms in total. The first-order chi connectivity index (χ1) is 12.6. The van der Waals surface area contributed by atoms with E-state index in [0.29, 0.717) is 18.9 Å². The summed E-state index contributed by atoms with van der Waals surface area (Å²) in [5, 5.41) is 3.39. The van der Waals surface area contributed by atoms with Gasteiger partial charge in [-0.1, -0.05) is 6.92 Å². The van der Waals surface area contributed by atoms with Crippen LogP contribution in [0.3, 0.4) is 0 Å². The highest BCUT2D eigenvalue weighted by atomic mass is 35.5. The van der Waals surface area contributed by atoms with Crippen molar-refractivity contribution in [1.82, 2.24) is 10.2 Å². The summed E-state index contributed by atoms with van der Waals surface area (Å²) in [6.07, 6.45) is 2.39. The number of hydrogen-bond acceptors (Lipinski definition) is 4. The second-order valence-corrected chi connectivity index (χ2v) is 7.18. The number of halogens is 1. The molecule has 2 fully saturated rings. The Labute approximate surface area is 167 Å². The van der Waals surface area contributed by atoms with Gasteiger partial charge < -0.3 is 19.9 Å². The van der Waals surface area contributed by atoms with Crippen molar-refractivity contribution < 1.29 is 14.3 Å². The van der Waals surface area contributed by atoms with Crippen LogP contribution < -0.4 is 15.0 Å². The number of carbonyl (C=O) groups excluding carboxylic acids is 2. The standard InChI is InChI=1S/C20H29N3O3.ClH/c1-3-21-13-15-8-10-22(11-9-15)20(25)16-12-19(24)23(14-16)17-4-6-18(26-2)7-5-17;/h4-7,15-16,21H,3,8-14H2,1-2H3;1H. The molecule has 1 unspecified atom stereocenters. The number of benzene rings is 1. The average Bonchev–Trinajstić information content (AvgIpc) is 3.08. The van der Waals surface area contributed by atoms with Gasteiger partial charge >= 0.3 is 0 Å². The number of ether oxygens (including phenoxy) is 1. The first-order valence-corrected chi connectivity index (χ1v) is 9.56. The minimum atomic E-state index is -0.227. The number of likely N-dealkylation sites (tertiary alicyclic amines) is 1. The second-order valence-electron chi connectivity index (χ2n) is 7.18. The molecular formula is C20H30ClN3O3. The molecule has 1 aromatic rings. The molecule has 0 spiro atoms. The van der Waals surface area contributed by atoms with E-state index in [-0.39, 0.29) is 30.1 Å². The van der Waals surface area contributed by atoms with Gasteiger partial charge in [0.1, 0.15) is 5.75 Å². The predicted octanol–water partition coefficient (Wildman–Crippen LogP) is 2.32. The van der Waals surface area contributed by atoms with Crippen LogP contribution in [0.4, 0.5) is 5.69 Å². The van der Waals surface area contributed by atoms with Crippen molar-refractivity contribution in [2.45, 2.75) is 26.2 Å². The number of rotatable bonds is 6. The highest BCUT2D eigenvalue weighted by Gasteiger charge is 2.38. The Morgan fingerprint density at radius 2 is 1.89 bits per heavy atom. The quantitative estimate of drug-likeness (QED) is 0.803. The van der Waals surface area contributed by atoms with Crippen molar-refractivity contribution in [2.75, 3.05) is 44.7 Å². The van der Waals surface area contributed by atoms with E-state index in [2.05, 4.69) is 12.2 Å². The first kappa shape index (κ1) is 21.5. The first-order valence-electron chi connectivity index (χ1n) is 9.56. The van der Waals surface area contributed by atoms with Crippen molar-refractivity contribution in [3.05, 3.63) is 24.3 Å². The Bertz CT molecular complexity index is 630. The third kappa shape index (κ3) is 5.14. The lowest BCUT2D eigenvalue weighted by Crippen LogP contribution is -2.44. The fourth-order valence-corrected chi connectivity index (χ4v) is 3.85. The van der Waals surface area contributed by atoms with Crippen LogP contribution in [-0.2, 0) is 9.59 Å². The molecule has 1 N–H and O–H groups in total. The normalized spacial score (nSPS) is 20.5. The smallest absolute Gasteiger partial charge is 0.228 e. The number of amides is 2. The number of hydrogen-bond donors (Lipinski definition) is 1. The summed E-state index contributed by atoms with van der Waals surface area (Å²) in [7, 11) is 1.62. The van der Waals surface area contributed by atoms with Crippen LogP contribution in [0.25, 0.3) is 0 Å². The number of carbonyl (C=O) groups is 2. The Morgan fingerprint density at radius 3 is 2.48 bits per heavy atom. The highest BCUT2D eigenvalue weighted by Crippen LogP contribution is 2.29. The van der Waals surface area contributed by atoms with Gasteiger partial charge in [-0.2, -0.15) is 0 Å². The fraction of sp³-hybridized carbons (Fsp3) is 0.600. The lowest BCUT2D eigenvalue weighted by molar-refractivity contribution is -0.137. The fourth-order valence-electron chi connectivity index (χ4n) is 3.85. The molecule has 27 heavy (non-hydrogen) atoms. The zero-order valence-electron chi connectivity index (χ0n) is 16.1. The van der Waals surface area contributed by atoms with Gasteiger partial charge in [0, 0.05) is 31.7 Å².